The molecule has 1 aromatic carbocycles. The third kappa shape index (κ3) is 2.96. The first-order chi connectivity index (χ1) is 7.77. The summed E-state index contributed by atoms with van der Waals surface area (Å²) >= 11 is 0. The van der Waals surface area contributed by atoms with E-state index in [2.05, 4.69) is 43.2 Å². The van der Waals surface area contributed by atoms with Crippen LogP contribution in [0.3, 0.4) is 0 Å². The molecule has 0 fully saturated rings. The fourth-order valence-electron chi connectivity index (χ4n) is 1.43. The van der Waals surface area contributed by atoms with Crippen LogP contribution >= 0.6 is 0 Å². The molecule has 0 unspecified atom stereocenters. The molecule has 2 aromatic rings. The fraction of sp³-hybridized carbons (Fsp3) is 0.357. The quantitative estimate of drug-likeness (QED) is 0.741. The lowest BCUT2D eigenvalue weighted by molar-refractivity contribution is 0.854. The van der Waals surface area contributed by atoms with Crippen molar-refractivity contribution in [2.24, 2.45) is 0 Å². The monoisotopic (exact) mass is 216 g/mol. The first kappa shape index (κ1) is 12.5. The van der Waals surface area contributed by atoms with Crippen LogP contribution in [-0.4, -0.2) is 9.78 Å². The van der Waals surface area contributed by atoms with Crippen LogP contribution < -0.4 is 0 Å². The first-order valence-electron chi connectivity index (χ1n) is 5.87. The highest BCUT2D eigenvalue weighted by Gasteiger charge is 1.99. The minimum atomic E-state index is 0.585. The maximum Gasteiger partial charge on any atom is 0.0645 e. The predicted octanol–water partition coefficient (Wildman–Crippen LogP) is 4.02. The zero-order chi connectivity index (χ0) is 12.0. The highest BCUT2D eigenvalue weighted by Crippen LogP contribution is 2.16. The molecule has 1 heterocycles. The normalized spacial score (nSPS) is 9.81. The highest BCUT2D eigenvalue weighted by molar-refractivity contribution is 5.34. The standard InChI is InChI=1S/C12H14N2.C2H6/c1-10(2)11-4-6-12(7-5-11)14-9-3-8-13-14;1-2/h3-10H,1-2H3;1-2H3. The molecule has 0 spiro atoms. The summed E-state index contributed by atoms with van der Waals surface area (Å²) < 4.78 is 1.87. The zero-order valence-electron chi connectivity index (χ0n) is 10.5. The molecular weight excluding hydrogens is 196 g/mol. The summed E-state index contributed by atoms with van der Waals surface area (Å²) in [6, 6.07) is 10.4. The summed E-state index contributed by atoms with van der Waals surface area (Å²) in [5, 5.41) is 4.18. The lowest BCUT2D eigenvalue weighted by Crippen LogP contribution is -1.94. The molecule has 0 aliphatic rings. The molecule has 16 heavy (non-hydrogen) atoms. The van der Waals surface area contributed by atoms with Gasteiger partial charge in [-0.1, -0.05) is 39.8 Å². The maximum absolute atomic E-state index is 4.18. The predicted molar refractivity (Wildman–Crippen MR) is 69.0 cm³/mol. The van der Waals surface area contributed by atoms with Crippen LogP contribution in [0, 0.1) is 0 Å². The second kappa shape index (κ2) is 6.11. The van der Waals surface area contributed by atoms with Crippen molar-refractivity contribution in [1.29, 1.82) is 0 Å². The summed E-state index contributed by atoms with van der Waals surface area (Å²) in [5.74, 6) is 0.585. The van der Waals surface area contributed by atoms with Crippen molar-refractivity contribution >= 4 is 0 Å². The van der Waals surface area contributed by atoms with Gasteiger partial charge in [0.15, 0.2) is 0 Å². The van der Waals surface area contributed by atoms with Gasteiger partial charge in [0.1, 0.15) is 0 Å². The highest BCUT2D eigenvalue weighted by atomic mass is 15.3. The van der Waals surface area contributed by atoms with E-state index in [1.54, 1.807) is 6.20 Å². The largest absolute Gasteiger partial charge is 0.241 e. The van der Waals surface area contributed by atoms with Gasteiger partial charge in [-0.15, -0.1) is 0 Å². The third-order valence-corrected chi connectivity index (χ3v) is 2.33. The maximum atomic E-state index is 4.18. The van der Waals surface area contributed by atoms with Gasteiger partial charge in [-0.05, 0) is 29.7 Å². The van der Waals surface area contributed by atoms with Crippen molar-refractivity contribution in [2.75, 3.05) is 0 Å². The van der Waals surface area contributed by atoms with Crippen molar-refractivity contribution in [3.8, 4) is 5.69 Å². The Morgan fingerprint density at radius 2 is 1.69 bits per heavy atom. The van der Waals surface area contributed by atoms with Gasteiger partial charge in [0, 0.05) is 12.4 Å². The van der Waals surface area contributed by atoms with Crippen LogP contribution in [0.2, 0.25) is 0 Å². The van der Waals surface area contributed by atoms with E-state index in [9.17, 15) is 0 Å². The van der Waals surface area contributed by atoms with Gasteiger partial charge in [0.2, 0.25) is 0 Å². The van der Waals surface area contributed by atoms with Gasteiger partial charge in [-0.25, -0.2) is 4.68 Å². The Bertz CT molecular complexity index is 385. The molecule has 0 amide bonds. The van der Waals surface area contributed by atoms with E-state index in [0.29, 0.717) is 5.92 Å². The van der Waals surface area contributed by atoms with E-state index in [4.69, 9.17) is 0 Å². The van der Waals surface area contributed by atoms with Gasteiger partial charge < -0.3 is 0 Å². The molecular formula is C14H20N2. The summed E-state index contributed by atoms with van der Waals surface area (Å²) in [5.41, 5.74) is 2.47. The summed E-state index contributed by atoms with van der Waals surface area (Å²) in [6.45, 7) is 8.39. The van der Waals surface area contributed by atoms with Crippen LogP contribution in [-0.2, 0) is 0 Å². The topological polar surface area (TPSA) is 17.8 Å². The minimum absolute atomic E-state index is 0.585. The van der Waals surface area contributed by atoms with Gasteiger partial charge in [0.05, 0.1) is 5.69 Å². The summed E-state index contributed by atoms with van der Waals surface area (Å²) in [6.07, 6.45) is 3.74. The molecule has 2 nitrogen and oxygen atoms in total. The summed E-state index contributed by atoms with van der Waals surface area (Å²) in [7, 11) is 0. The number of hydrogen-bond donors (Lipinski definition) is 0. The Hall–Kier alpha value is -1.57. The lowest BCUT2D eigenvalue weighted by atomic mass is 10.0. The fourth-order valence-corrected chi connectivity index (χ4v) is 1.43. The first-order valence-corrected chi connectivity index (χ1v) is 5.87. The molecule has 0 aliphatic heterocycles. The van der Waals surface area contributed by atoms with Crippen molar-refractivity contribution < 1.29 is 0 Å². The molecule has 0 N–H and O–H groups in total. The number of rotatable bonds is 2. The van der Waals surface area contributed by atoms with Crippen LogP contribution in [0.4, 0.5) is 0 Å². The number of hydrogen-bond acceptors (Lipinski definition) is 1. The van der Waals surface area contributed by atoms with Gasteiger partial charge in [-0.3, -0.25) is 0 Å². The molecule has 2 rings (SSSR count). The molecule has 0 aliphatic carbocycles. The Labute approximate surface area is 97.9 Å². The molecule has 86 valence electrons. The van der Waals surface area contributed by atoms with E-state index < -0.39 is 0 Å². The molecule has 2 heteroatoms. The van der Waals surface area contributed by atoms with Gasteiger partial charge >= 0.3 is 0 Å². The molecule has 0 bridgehead atoms. The molecule has 1 aromatic heterocycles. The second-order valence-corrected chi connectivity index (χ2v) is 3.70. The van der Waals surface area contributed by atoms with Crippen molar-refractivity contribution in [3.63, 3.8) is 0 Å². The number of nitrogens with zero attached hydrogens (tertiary/aromatic N) is 2. The molecule has 0 radical (unpaired) electrons. The SMILES string of the molecule is CC.CC(C)c1ccc(-n2cccn2)cc1. The molecule has 0 saturated heterocycles. The molecule has 0 saturated carbocycles. The van der Waals surface area contributed by atoms with E-state index in [-0.39, 0.29) is 0 Å². The zero-order valence-corrected chi connectivity index (χ0v) is 10.5. The minimum Gasteiger partial charge on any atom is -0.241 e. The number of aromatic nitrogens is 2. The second-order valence-electron chi connectivity index (χ2n) is 3.70. The van der Waals surface area contributed by atoms with Crippen LogP contribution in [0.1, 0.15) is 39.2 Å². The van der Waals surface area contributed by atoms with E-state index in [0.717, 1.165) is 5.69 Å². The Morgan fingerprint density at radius 1 is 1.06 bits per heavy atom. The summed E-state index contributed by atoms with van der Waals surface area (Å²) in [4.78, 5) is 0. The Kier molecular flexibility index (Phi) is 4.77. The lowest BCUT2D eigenvalue weighted by Gasteiger charge is -2.06. The van der Waals surface area contributed by atoms with Crippen molar-refractivity contribution in [1.82, 2.24) is 9.78 Å². The van der Waals surface area contributed by atoms with Gasteiger partial charge in [-0.2, -0.15) is 5.10 Å². The molecule has 0 atom stereocenters. The average molecular weight is 216 g/mol. The smallest absolute Gasteiger partial charge is 0.0645 e. The van der Waals surface area contributed by atoms with Gasteiger partial charge in [0.25, 0.3) is 0 Å². The van der Waals surface area contributed by atoms with E-state index in [1.807, 2.05) is 30.8 Å². The number of benzene rings is 1. The Balaban J connectivity index is 0.000000606. The van der Waals surface area contributed by atoms with Crippen LogP contribution in [0.25, 0.3) is 5.69 Å². The van der Waals surface area contributed by atoms with E-state index in [1.165, 1.54) is 5.56 Å². The Morgan fingerprint density at radius 3 is 2.12 bits per heavy atom. The average Bonchev–Trinajstić information content (AvgIpc) is 2.85. The van der Waals surface area contributed by atoms with Crippen molar-refractivity contribution in [2.45, 2.75) is 33.6 Å². The van der Waals surface area contributed by atoms with Crippen LogP contribution in [0.15, 0.2) is 42.7 Å². The third-order valence-electron chi connectivity index (χ3n) is 2.33. The van der Waals surface area contributed by atoms with E-state index >= 15 is 0 Å². The van der Waals surface area contributed by atoms with Crippen LogP contribution in [0.5, 0.6) is 0 Å². The van der Waals surface area contributed by atoms with Crippen molar-refractivity contribution in [3.05, 3.63) is 48.3 Å².